The number of nitrogens with zero attached hydrogens (tertiary/aromatic N) is 1. The van der Waals surface area contributed by atoms with Crippen LogP contribution in [0.25, 0.3) is 0 Å². The number of rotatable bonds is 2. The average Bonchev–Trinajstić information content (AvgIpc) is 2.15. The van der Waals surface area contributed by atoms with E-state index in [1.54, 1.807) is 6.07 Å². The summed E-state index contributed by atoms with van der Waals surface area (Å²) in [7, 11) is 0. The predicted molar refractivity (Wildman–Crippen MR) is 66.7 cm³/mol. The third-order valence-electron chi connectivity index (χ3n) is 2.37. The van der Waals surface area contributed by atoms with Crippen molar-refractivity contribution >= 4 is 18.1 Å². The van der Waals surface area contributed by atoms with Crippen molar-refractivity contribution in [3.05, 3.63) is 39.9 Å². The molecular formula is C11H17ClN2O2. The molecule has 0 aliphatic rings. The SMILES string of the molecule is CC(C)(C)[C@@H](N)c1cccc([N+](=O)[O-])c1.Cl. The maximum atomic E-state index is 10.6. The Balaban J connectivity index is 0.00000225. The highest BCUT2D eigenvalue weighted by Gasteiger charge is 2.23. The van der Waals surface area contributed by atoms with E-state index in [-0.39, 0.29) is 29.6 Å². The Kier molecular flexibility index (Phi) is 4.90. The lowest BCUT2D eigenvalue weighted by Crippen LogP contribution is -2.26. The van der Waals surface area contributed by atoms with Crippen LogP contribution in [0.3, 0.4) is 0 Å². The molecule has 0 fully saturated rings. The predicted octanol–water partition coefficient (Wildman–Crippen LogP) is 3.06. The molecule has 0 saturated heterocycles. The van der Waals surface area contributed by atoms with Gasteiger partial charge in [-0.15, -0.1) is 12.4 Å². The molecule has 0 radical (unpaired) electrons. The monoisotopic (exact) mass is 244 g/mol. The molecule has 1 rings (SSSR count). The van der Waals surface area contributed by atoms with Crippen LogP contribution in [0.4, 0.5) is 5.69 Å². The molecule has 1 atom stereocenters. The van der Waals surface area contributed by atoms with Crippen LogP contribution in [-0.4, -0.2) is 4.92 Å². The van der Waals surface area contributed by atoms with Crippen LogP contribution < -0.4 is 5.73 Å². The van der Waals surface area contributed by atoms with Crippen LogP contribution >= 0.6 is 12.4 Å². The summed E-state index contributed by atoms with van der Waals surface area (Å²) in [6, 6.07) is 6.30. The van der Waals surface area contributed by atoms with E-state index in [2.05, 4.69) is 0 Å². The van der Waals surface area contributed by atoms with Gasteiger partial charge in [-0.2, -0.15) is 0 Å². The van der Waals surface area contributed by atoms with Gasteiger partial charge in [0, 0.05) is 18.2 Å². The minimum atomic E-state index is -0.404. The fourth-order valence-electron chi connectivity index (χ4n) is 1.33. The van der Waals surface area contributed by atoms with Crippen molar-refractivity contribution < 1.29 is 4.92 Å². The fraction of sp³-hybridized carbons (Fsp3) is 0.455. The second-order valence-corrected chi connectivity index (χ2v) is 4.70. The van der Waals surface area contributed by atoms with Crippen molar-refractivity contribution in [1.82, 2.24) is 0 Å². The van der Waals surface area contributed by atoms with E-state index in [0.717, 1.165) is 5.56 Å². The molecular weight excluding hydrogens is 228 g/mol. The Morgan fingerprint density at radius 3 is 2.38 bits per heavy atom. The van der Waals surface area contributed by atoms with Gasteiger partial charge in [0.25, 0.3) is 5.69 Å². The molecule has 0 saturated carbocycles. The Hall–Kier alpha value is -1.13. The van der Waals surface area contributed by atoms with Crippen molar-refractivity contribution in [2.45, 2.75) is 26.8 Å². The van der Waals surface area contributed by atoms with Crippen molar-refractivity contribution in [1.29, 1.82) is 0 Å². The molecule has 0 unspecified atom stereocenters. The number of hydrogen-bond donors (Lipinski definition) is 1. The van der Waals surface area contributed by atoms with Crippen molar-refractivity contribution in [2.75, 3.05) is 0 Å². The Morgan fingerprint density at radius 1 is 1.38 bits per heavy atom. The molecule has 0 aromatic heterocycles. The van der Waals surface area contributed by atoms with Gasteiger partial charge in [-0.3, -0.25) is 10.1 Å². The summed E-state index contributed by atoms with van der Waals surface area (Å²) in [5, 5.41) is 10.6. The van der Waals surface area contributed by atoms with E-state index < -0.39 is 4.92 Å². The minimum Gasteiger partial charge on any atom is -0.324 e. The summed E-state index contributed by atoms with van der Waals surface area (Å²) in [6.07, 6.45) is 0. The van der Waals surface area contributed by atoms with Crippen LogP contribution in [0.5, 0.6) is 0 Å². The first-order valence-corrected chi connectivity index (χ1v) is 4.82. The number of nitrogens with two attached hydrogens (primary N) is 1. The molecule has 0 aliphatic carbocycles. The van der Waals surface area contributed by atoms with Crippen molar-refractivity contribution in [2.24, 2.45) is 11.1 Å². The summed E-state index contributed by atoms with van der Waals surface area (Å²) >= 11 is 0. The molecule has 2 N–H and O–H groups in total. The van der Waals surface area contributed by atoms with E-state index in [1.165, 1.54) is 12.1 Å². The van der Waals surface area contributed by atoms with Gasteiger partial charge >= 0.3 is 0 Å². The fourth-order valence-corrected chi connectivity index (χ4v) is 1.33. The smallest absolute Gasteiger partial charge is 0.269 e. The van der Waals surface area contributed by atoms with Crippen LogP contribution in [0.1, 0.15) is 32.4 Å². The van der Waals surface area contributed by atoms with Gasteiger partial charge < -0.3 is 5.73 Å². The summed E-state index contributed by atoms with van der Waals surface area (Å²) in [5.74, 6) is 0. The van der Waals surface area contributed by atoms with Crippen LogP contribution in [0.2, 0.25) is 0 Å². The lowest BCUT2D eigenvalue weighted by Gasteiger charge is -2.27. The number of benzene rings is 1. The largest absolute Gasteiger partial charge is 0.324 e. The zero-order valence-corrected chi connectivity index (χ0v) is 10.5. The molecule has 5 heteroatoms. The van der Waals surface area contributed by atoms with Gasteiger partial charge in [-0.05, 0) is 11.0 Å². The van der Waals surface area contributed by atoms with E-state index in [4.69, 9.17) is 5.73 Å². The zero-order chi connectivity index (χ0) is 11.6. The quantitative estimate of drug-likeness (QED) is 0.642. The Labute approximate surface area is 101 Å². The normalized spacial score (nSPS) is 12.8. The maximum Gasteiger partial charge on any atom is 0.269 e. The van der Waals surface area contributed by atoms with Gasteiger partial charge in [-0.1, -0.05) is 32.9 Å². The molecule has 90 valence electrons. The van der Waals surface area contributed by atoms with E-state index in [0.29, 0.717) is 0 Å². The standard InChI is InChI=1S/C11H16N2O2.ClH/c1-11(2,3)10(12)8-5-4-6-9(7-8)13(14)15;/h4-7,10H,12H2,1-3H3;1H/t10-;/m0./s1. The van der Waals surface area contributed by atoms with Crippen LogP contribution in [0.15, 0.2) is 24.3 Å². The highest BCUT2D eigenvalue weighted by molar-refractivity contribution is 5.85. The molecule has 0 heterocycles. The number of hydrogen-bond acceptors (Lipinski definition) is 3. The van der Waals surface area contributed by atoms with Crippen molar-refractivity contribution in [3.63, 3.8) is 0 Å². The zero-order valence-electron chi connectivity index (χ0n) is 9.64. The molecule has 16 heavy (non-hydrogen) atoms. The summed E-state index contributed by atoms with van der Waals surface area (Å²) in [5.41, 5.74) is 6.81. The molecule has 0 amide bonds. The lowest BCUT2D eigenvalue weighted by molar-refractivity contribution is -0.384. The minimum absolute atomic E-state index is 0. The first kappa shape index (κ1) is 14.9. The van der Waals surface area contributed by atoms with Gasteiger partial charge in [0.05, 0.1) is 4.92 Å². The molecule has 0 bridgehead atoms. The van der Waals surface area contributed by atoms with Gasteiger partial charge in [-0.25, -0.2) is 0 Å². The molecule has 0 aliphatic heterocycles. The molecule has 4 nitrogen and oxygen atoms in total. The second kappa shape index (κ2) is 5.27. The van der Waals surface area contributed by atoms with Gasteiger partial charge in [0.1, 0.15) is 0 Å². The Bertz CT molecular complexity index is 374. The molecule has 1 aromatic rings. The van der Waals surface area contributed by atoms with E-state index >= 15 is 0 Å². The summed E-state index contributed by atoms with van der Waals surface area (Å²) in [6.45, 7) is 6.03. The Morgan fingerprint density at radius 2 is 1.94 bits per heavy atom. The number of nitro groups is 1. The van der Waals surface area contributed by atoms with E-state index in [9.17, 15) is 10.1 Å². The topological polar surface area (TPSA) is 69.2 Å². The number of non-ortho nitro benzene ring substituents is 1. The van der Waals surface area contributed by atoms with Gasteiger partial charge in [0.2, 0.25) is 0 Å². The van der Waals surface area contributed by atoms with Crippen LogP contribution in [-0.2, 0) is 0 Å². The van der Waals surface area contributed by atoms with Crippen LogP contribution in [0, 0.1) is 15.5 Å². The molecule has 0 spiro atoms. The van der Waals surface area contributed by atoms with Crippen molar-refractivity contribution in [3.8, 4) is 0 Å². The lowest BCUT2D eigenvalue weighted by atomic mass is 9.83. The first-order chi connectivity index (χ1) is 6.82. The number of halogens is 1. The highest BCUT2D eigenvalue weighted by Crippen LogP contribution is 2.31. The maximum absolute atomic E-state index is 10.6. The summed E-state index contributed by atoms with van der Waals surface area (Å²) < 4.78 is 0. The summed E-state index contributed by atoms with van der Waals surface area (Å²) in [4.78, 5) is 10.2. The number of nitro benzene ring substituents is 1. The first-order valence-electron chi connectivity index (χ1n) is 4.82. The highest BCUT2D eigenvalue weighted by atomic mass is 35.5. The van der Waals surface area contributed by atoms with E-state index in [1.807, 2.05) is 26.8 Å². The van der Waals surface area contributed by atoms with Gasteiger partial charge in [0.15, 0.2) is 0 Å². The second-order valence-electron chi connectivity index (χ2n) is 4.70. The molecule has 1 aromatic carbocycles. The average molecular weight is 245 g/mol. The third kappa shape index (κ3) is 3.47. The third-order valence-corrected chi connectivity index (χ3v) is 2.37.